The molecule has 1 aromatic rings. The Labute approximate surface area is 119 Å². The zero-order valence-corrected chi connectivity index (χ0v) is 12.1. The average Bonchev–Trinajstić information content (AvgIpc) is 2.99. The lowest BCUT2D eigenvalue weighted by molar-refractivity contribution is -0.124. The second-order valence-electron chi connectivity index (χ2n) is 6.05. The van der Waals surface area contributed by atoms with E-state index < -0.39 is 5.54 Å². The van der Waals surface area contributed by atoms with Crippen molar-refractivity contribution in [2.75, 3.05) is 13.2 Å². The Morgan fingerprint density at radius 1 is 1.45 bits per heavy atom. The molecule has 2 rings (SSSR count). The third-order valence-corrected chi connectivity index (χ3v) is 3.89. The molecule has 0 aliphatic heterocycles. The van der Waals surface area contributed by atoms with E-state index in [1.54, 1.807) is 6.92 Å². The van der Waals surface area contributed by atoms with Crippen molar-refractivity contribution in [1.82, 2.24) is 5.32 Å². The molecule has 1 fully saturated rings. The fourth-order valence-electron chi connectivity index (χ4n) is 2.21. The van der Waals surface area contributed by atoms with Crippen LogP contribution in [0.1, 0.15) is 44.1 Å². The molecule has 1 aliphatic rings. The van der Waals surface area contributed by atoms with Crippen LogP contribution in [-0.4, -0.2) is 34.9 Å². The predicted molar refractivity (Wildman–Crippen MR) is 74.3 cm³/mol. The van der Waals surface area contributed by atoms with Gasteiger partial charge in [0, 0.05) is 18.8 Å². The van der Waals surface area contributed by atoms with Gasteiger partial charge in [0.1, 0.15) is 11.5 Å². The molecule has 3 N–H and O–H groups in total. The van der Waals surface area contributed by atoms with E-state index in [1.807, 2.05) is 12.1 Å². The summed E-state index contributed by atoms with van der Waals surface area (Å²) in [6.45, 7) is 3.22. The summed E-state index contributed by atoms with van der Waals surface area (Å²) in [5, 5.41) is 20.9. The first kappa shape index (κ1) is 15.1. The second kappa shape index (κ2) is 5.97. The summed E-state index contributed by atoms with van der Waals surface area (Å²) >= 11 is 0. The molecule has 1 aliphatic carbocycles. The Bertz CT molecular complexity index is 464. The third kappa shape index (κ3) is 3.61. The molecular weight excluding hydrogens is 258 g/mol. The predicted octanol–water partition coefficient (Wildman–Crippen LogP) is 1.20. The van der Waals surface area contributed by atoms with E-state index in [9.17, 15) is 4.79 Å². The monoisotopic (exact) mass is 281 g/mol. The summed E-state index contributed by atoms with van der Waals surface area (Å²) in [7, 11) is 0. The van der Waals surface area contributed by atoms with Crippen LogP contribution in [0.5, 0.6) is 0 Å². The van der Waals surface area contributed by atoms with E-state index in [4.69, 9.17) is 14.6 Å². The number of carbonyl (C=O) groups excluding carboxylic acids is 1. The first-order valence-electron chi connectivity index (χ1n) is 7.09. The van der Waals surface area contributed by atoms with E-state index in [0.29, 0.717) is 18.3 Å². The number of hydrogen-bond acceptors (Lipinski definition) is 4. The van der Waals surface area contributed by atoms with Gasteiger partial charge in [-0.1, -0.05) is 6.92 Å². The van der Waals surface area contributed by atoms with E-state index in [0.717, 1.165) is 11.5 Å². The number of aryl methyl sites for hydroxylation is 1. The van der Waals surface area contributed by atoms with E-state index >= 15 is 0 Å². The van der Waals surface area contributed by atoms with Crippen LogP contribution in [-0.2, 0) is 11.2 Å². The van der Waals surface area contributed by atoms with Gasteiger partial charge in [0.05, 0.1) is 18.8 Å². The standard InChI is InChI=1S/C15H23NO4/c1-10-7-12(10)13-5-3-11(20-13)4-6-14(19)16-15(2,8-17)9-18/h3,5,10,12,17-18H,4,6-9H2,1-2H3,(H,16,19). The van der Waals surface area contributed by atoms with E-state index in [-0.39, 0.29) is 25.5 Å². The first-order chi connectivity index (χ1) is 9.47. The molecule has 5 nitrogen and oxygen atoms in total. The van der Waals surface area contributed by atoms with Crippen LogP contribution in [0.25, 0.3) is 0 Å². The van der Waals surface area contributed by atoms with Crippen molar-refractivity contribution < 1.29 is 19.4 Å². The highest BCUT2D eigenvalue weighted by Crippen LogP contribution is 2.47. The van der Waals surface area contributed by atoms with Gasteiger partial charge in [0.25, 0.3) is 0 Å². The Balaban J connectivity index is 1.80. The topological polar surface area (TPSA) is 82.7 Å². The highest BCUT2D eigenvalue weighted by atomic mass is 16.3. The van der Waals surface area contributed by atoms with Crippen molar-refractivity contribution in [1.29, 1.82) is 0 Å². The van der Waals surface area contributed by atoms with Gasteiger partial charge >= 0.3 is 0 Å². The van der Waals surface area contributed by atoms with Crippen LogP contribution in [0.4, 0.5) is 0 Å². The number of amides is 1. The fraction of sp³-hybridized carbons (Fsp3) is 0.667. The summed E-state index contributed by atoms with van der Waals surface area (Å²) < 4.78 is 5.73. The summed E-state index contributed by atoms with van der Waals surface area (Å²) in [4.78, 5) is 11.8. The molecule has 5 heteroatoms. The minimum Gasteiger partial charge on any atom is -0.466 e. The number of aliphatic hydroxyl groups excluding tert-OH is 2. The Morgan fingerprint density at radius 3 is 2.65 bits per heavy atom. The maximum Gasteiger partial charge on any atom is 0.221 e. The van der Waals surface area contributed by atoms with E-state index in [1.165, 1.54) is 6.42 Å². The zero-order chi connectivity index (χ0) is 14.8. The van der Waals surface area contributed by atoms with Crippen molar-refractivity contribution in [2.45, 2.75) is 44.6 Å². The molecule has 0 aromatic carbocycles. The largest absolute Gasteiger partial charge is 0.466 e. The van der Waals surface area contributed by atoms with Crippen molar-refractivity contribution in [2.24, 2.45) is 5.92 Å². The van der Waals surface area contributed by atoms with Crippen molar-refractivity contribution in [3.05, 3.63) is 23.7 Å². The molecule has 1 aromatic heterocycles. The number of aliphatic hydroxyl groups is 2. The lowest BCUT2D eigenvalue weighted by Crippen LogP contribution is -2.51. The molecule has 2 unspecified atom stereocenters. The molecule has 112 valence electrons. The Kier molecular flexibility index (Phi) is 4.50. The van der Waals surface area contributed by atoms with E-state index in [2.05, 4.69) is 12.2 Å². The van der Waals surface area contributed by atoms with Crippen LogP contribution in [0, 0.1) is 5.92 Å². The molecule has 0 saturated heterocycles. The summed E-state index contributed by atoms with van der Waals surface area (Å²) in [5.74, 6) is 2.87. The number of nitrogens with one attached hydrogen (secondary N) is 1. The lowest BCUT2D eigenvalue weighted by Gasteiger charge is -2.26. The lowest BCUT2D eigenvalue weighted by atomic mass is 10.1. The molecule has 0 spiro atoms. The van der Waals surface area contributed by atoms with Crippen molar-refractivity contribution in [3.8, 4) is 0 Å². The van der Waals surface area contributed by atoms with Gasteiger partial charge in [0.2, 0.25) is 5.91 Å². The van der Waals surface area contributed by atoms with Gasteiger partial charge in [-0.15, -0.1) is 0 Å². The van der Waals surface area contributed by atoms with Crippen LogP contribution < -0.4 is 5.32 Å². The van der Waals surface area contributed by atoms with Gasteiger partial charge in [-0.05, 0) is 31.4 Å². The highest BCUT2D eigenvalue weighted by molar-refractivity contribution is 5.77. The van der Waals surface area contributed by atoms with Gasteiger partial charge in [-0.2, -0.15) is 0 Å². The van der Waals surface area contributed by atoms with Crippen molar-refractivity contribution >= 4 is 5.91 Å². The van der Waals surface area contributed by atoms with Crippen LogP contribution in [0.3, 0.4) is 0 Å². The number of furan rings is 1. The Hall–Kier alpha value is -1.33. The number of hydrogen-bond donors (Lipinski definition) is 3. The first-order valence-corrected chi connectivity index (χ1v) is 7.09. The van der Waals surface area contributed by atoms with Gasteiger partial charge in [-0.3, -0.25) is 4.79 Å². The molecule has 0 bridgehead atoms. The minimum absolute atomic E-state index is 0.201. The van der Waals surface area contributed by atoms with Crippen LogP contribution in [0.15, 0.2) is 16.5 Å². The normalized spacial score (nSPS) is 21.8. The quantitative estimate of drug-likeness (QED) is 0.701. The van der Waals surface area contributed by atoms with Gasteiger partial charge < -0.3 is 19.9 Å². The van der Waals surface area contributed by atoms with Gasteiger partial charge in [0.15, 0.2) is 0 Å². The van der Waals surface area contributed by atoms with Crippen LogP contribution in [0.2, 0.25) is 0 Å². The third-order valence-electron chi connectivity index (χ3n) is 3.89. The maximum absolute atomic E-state index is 11.8. The smallest absolute Gasteiger partial charge is 0.221 e. The molecule has 1 amide bonds. The molecule has 0 radical (unpaired) electrons. The summed E-state index contributed by atoms with van der Waals surface area (Å²) in [6, 6.07) is 3.91. The minimum atomic E-state index is -0.963. The molecular formula is C15H23NO4. The molecule has 1 heterocycles. The Morgan fingerprint density at radius 2 is 2.10 bits per heavy atom. The second-order valence-corrected chi connectivity index (χ2v) is 6.05. The van der Waals surface area contributed by atoms with Crippen molar-refractivity contribution in [3.63, 3.8) is 0 Å². The molecule has 1 saturated carbocycles. The highest BCUT2D eigenvalue weighted by Gasteiger charge is 2.36. The zero-order valence-electron chi connectivity index (χ0n) is 12.1. The average molecular weight is 281 g/mol. The fourth-order valence-corrected chi connectivity index (χ4v) is 2.21. The molecule has 2 atom stereocenters. The number of carbonyl (C=O) groups is 1. The number of rotatable bonds is 7. The van der Waals surface area contributed by atoms with Gasteiger partial charge in [-0.25, -0.2) is 0 Å². The maximum atomic E-state index is 11.8. The summed E-state index contributed by atoms with van der Waals surface area (Å²) in [6.07, 6.45) is 1.99. The molecule has 20 heavy (non-hydrogen) atoms. The van der Waals surface area contributed by atoms with Crippen LogP contribution >= 0.6 is 0 Å². The summed E-state index contributed by atoms with van der Waals surface area (Å²) in [5.41, 5.74) is -0.963. The SMILES string of the molecule is CC1CC1c1ccc(CCC(=O)NC(C)(CO)CO)o1.